The molecule has 0 aromatic heterocycles. The summed E-state index contributed by atoms with van der Waals surface area (Å²) in [5.41, 5.74) is 3.53. The first kappa shape index (κ1) is 15.9. The van der Waals surface area contributed by atoms with Gasteiger partial charge in [0.1, 0.15) is 0 Å². The Bertz CT molecular complexity index is 573. The van der Waals surface area contributed by atoms with Gasteiger partial charge in [0.15, 0.2) is 0 Å². The topological polar surface area (TPSA) is 12.0 Å². The molecular formula is C16H16Br2ClN. The van der Waals surface area contributed by atoms with Crippen LogP contribution in [0.1, 0.15) is 30.5 Å². The number of halogens is 3. The van der Waals surface area contributed by atoms with Crippen LogP contribution >= 0.6 is 43.5 Å². The summed E-state index contributed by atoms with van der Waals surface area (Å²) in [7, 11) is 0. The normalized spacial score (nSPS) is 12.2. The highest BCUT2D eigenvalue weighted by molar-refractivity contribution is 9.11. The van der Waals surface area contributed by atoms with Gasteiger partial charge in [0.25, 0.3) is 0 Å². The molecule has 0 amide bonds. The van der Waals surface area contributed by atoms with Gasteiger partial charge in [-0.2, -0.15) is 0 Å². The average molecular weight is 418 g/mol. The number of aryl methyl sites for hydroxylation is 1. The number of benzene rings is 2. The van der Waals surface area contributed by atoms with E-state index in [9.17, 15) is 0 Å². The molecule has 1 unspecified atom stereocenters. The van der Waals surface area contributed by atoms with E-state index in [2.05, 4.69) is 75.3 Å². The third-order valence-electron chi connectivity index (χ3n) is 3.19. The van der Waals surface area contributed by atoms with Crippen molar-refractivity contribution < 1.29 is 0 Å². The summed E-state index contributed by atoms with van der Waals surface area (Å²) in [6.07, 6.45) is 0.994. The maximum Gasteiger partial charge on any atom is 0.0634 e. The lowest BCUT2D eigenvalue weighted by Gasteiger charge is -2.21. The summed E-state index contributed by atoms with van der Waals surface area (Å²) >= 11 is 13.2. The zero-order chi connectivity index (χ0) is 14.7. The van der Waals surface area contributed by atoms with Gasteiger partial charge in [0.2, 0.25) is 0 Å². The van der Waals surface area contributed by atoms with Crippen LogP contribution in [0.5, 0.6) is 0 Å². The van der Waals surface area contributed by atoms with Crippen LogP contribution in [0.15, 0.2) is 45.3 Å². The van der Waals surface area contributed by atoms with E-state index in [0.717, 1.165) is 26.1 Å². The Morgan fingerprint density at radius 2 is 1.65 bits per heavy atom. The van der Waals surface area contributed by atoms with Crippen LogP contribution in [0.4, 0.5) is 5.69 Å². The molecule has 0 aliphatic heterocycles. The summed E-state index contributed by atoms with van der Waals surface area (Å²) in [5.74, 6) is 0. The molecular weight excluding hydrogens is 401 g/mol. The minimum atomic E-state index is 0.252. The van der Waals surface area contributed by atoms with E-state index >= 15 is 0 Å². The van der Waals surface area contributed by atoms with Gasteiger partial charge < -0.3 is 5.32 Å². The maximum atomic E-state index is 5.95. The SMILES string of the molecule is CCC(Nc1c(Br)cc(C)cc1Br)c1ccc(Cl)cc1. The van der Waals surface area contributed by atoms with Crippen molar-refractivity contribution in [2.45, 2.75) is 26.3 Å². The largest absolute Gasteiger partial charge is 0.376 e. The lowest BCUT2D eigenvalue weighted by atomic mass is 10.0. The number of rotatable bonds is 4. The molecule has 0 spiro atoms. The molecule has 0 radical (unpaired) electrons. The van der Waals surface area contributed by atoms with E-state index in [1.54, 1.807) is 0 Å². The molecule has 0 fully saturated rings. The third-order valence-corrected chi connectivity index (χ3v) is 4.69. The van der Waals surface area contributed by atoms with E-state index in [0.29, 0.717) is 0 Å². The second kappa shape index (κ2) is 6.97. The van der Waals surface area contributed by atoms with Crippen molar-refractivity contribution in [2.75, 3.05) is 5.32 Å². The Hall–Kier alpha value is -0.510. The van der Waals surface area contributed by atoms with E-state index < -0.39 is 0 Å². The molecule has 4 heteroatoms. The van der Waals surface area contributed by atoms with Crippen molar-refractivity contribution >= 4 is 49.1 Å². The molecule has 1 atom stereocenters. The predicted octanol–water partition coefficient (Wildman–Crippen LogP) is 6.74. The number of anilines is 1. The van der Waals surface area contributed by atoms with E-state index in [1.807, 2.05) is 12.1 Å². The van der Waals surface area contributed by atoms with Crippen LogP contribution in [0.2, 0.25) is 5.02 Å². The standard InChI is InChI=1S/C16H16Br2ClN/c1-3-15(11-4-6-12(19)7-5-11)20-16-13(17)8-10(2)9-14(16)18/h4-9,15,20H,3H2,1-2H3. The van der Waals surface area contributed by atoms with Crippen LogP contribution in [-0.2, 0) is 0 Å². The summed E-state index contributed by atoms with van der Waals surface area (Å²) < 4.78 is 2.13. The summed E-state index contributed by atoms with van der Waals surface area (Å²) in [6.45, 7) is 4.25. The van der Waals surface area contributed by atoms with Crippen LogP contribution < -0.4 is 5.32 Å². The number of hydrogen-bond acceptors (Lipinski definition) is 1. The highest BCUT2D eigenvalue weighted by Crippen LogP contribution is 2.35. The van der Waals surface area contributed by atoms with Crippen molar-refractivity contribution in [1.82, 2.24) is 0 Å². The minimum absolute atomic E-state index is 0.252. The molecule has 0 aliphatic rings. The molecule has 0 saturated carbocycles. The Kier molecular flexibility index (Phi) is 5.53. The van der Waals surface area contributed by atoms with Crippen molar-refractivity contribution in [3.63, 3.8) is 0 Å². The lowest BCUT2D eigenvalue weighted by Crippen LogP contribution is -2.10. The van der Waals surface area contributed by atoms with Crippen LogP contribution in [0.25, 0.3) is 0 Å². The van der Waals surface area contributed by atoms with Gasteiger partial charge in [-0.25, -0.2) is 0 Å². The van der Waals surface area contributed by atoms with E-state index in [4.69, 9.17) is 11.6 Å². The fourth-order valence-electron chi connectivity index (χ4n) is 2.13. The Labute approximate surface area is 142 Å². The smallest absolute Gasteiger partial charge is 0.0634 e. The van der Waals surface area contributed by atoms with Crippen LogP contribution in [0.3, 0.4) is 0 Å². The summed E-state index contributed by atoms with van der Waals surface area (Å²) in [5, 5.41) is 4.36. The molecule has 2 rings (SSSR count). The second-order valence-corrected chi connectivity index (χ2v) is 6.91. The first-order valence-electron chi connectivity index (χ1n) is 6.49. The predicted molar refractivity (Wildman–Crippen MR) is 94.7 cm³/mol. The maximum absolute atomic E-state index is 5.95. The Balaban J connectivity index is 2.29. The van der Waals surface area contributed by atoms with Crippen LogP contribution in [0, 0.1) is 6.92 Å². The van der Waals surface area contributed by atoms with Crippen molar-refractivity contribution in [3.05, 3.63) is 61.5 Å². The van der Waals surface area contributed by atoms with E-state index in [-0.39, 0.29) is 6.04 Å². The molecule has 1 N–H and O–H groups in total. The van der Waals surface area contributed by atoms with Crippen molar-refractivity contribution in [1.29, 1.82) is 0 Å². The fourth-order valence-corrected chi connectivity index (χ4v) is 3.90. The van der Waals surface area contributed by atoms with Gasteiger partial charge in [-0.05, 0) is 80.6 Å². The second-order valence-electron chi connectivity index (χ2n) is 4.76. The summed E-state index contributed by atoms with van der Waals surface area (Å²) in [6, 6.07) is 12.5. The molecule has 106 valence electrons. The number of hydrogen-bond donors (Lipinski definition) is 1. The van der Waals surface area contributed by atoms with Gasteiger partial charge in [-0.15, -0.1) is 0 Å². The van der Waals surface area contributed by atoms with Crippen LogP contribution in [-0.4, -0.2) is 0 Å². The lowest BCUT2D eigenvalue weighted by molar-refractivity contribution is 0.748. The molecule has 0 heterocycles. The third kappa shape index (κ3) is 3.78. The average Bonchev–Trinajstić information content (AvgIpc) is 2.39. The summed E-state index contributed by atoms with van der Waals surface area (Å²) in [4.78, 5) is 0. The van der Waals surface area contributed by atoms with Gasteiger partial charge in [0, 0.05) is 14.0 Å². The first-order chi connectivity index (χ1) is 9.51. The van der Waals surface area contributed by atoms with Gasteiger partial charge in [-0.3, -0.25) is 0 Å². The first-order valence-corrected chi connectivity index (χ1v) is 8.45. The zero-order valence-corrected chi connectivity index (χ0v) is 15.3. The fraction of sp³-hybridized carbons (Fsp3) is 0.250. The molecule has 0 aliphatic carbocycles. The minimum Gasteiger partial charge on any atom is -0.376 e. The zero-order valence-electron chi connectivity index (χ0n) is 11.4. The van der Waals surface area contributed by atoms with Gasteiger partial charge in [-0.1, -0.05) is 30.7 Å². The molecule has 0 saturated heterocycles. The highest BCUT2D eigenvalue weighted by Gasteiger charge is 2.13. The Morgan fingerprint density at radius 3 is 2.15 bits per heavy atom. The van der Waals surface area contributed by atoms with Gasteiger partial charge in [0.05, 0.1) is 11.7 Å². The monoisotopic (exact) mass is 415 g/mol. The number of nitrogens with one attached hydrogen (secondary N) is 1. The van der Waals surface area contributed by atoms with Gasteiger partial charge >= 0.3 is 0 Å². The van der Waals surface area contributed by atoms with Crippen molar-refractivity contribution in [2.24, 2.45) is 0 Å². The van der Waals surface area contributed by atoms with Crippen molar-refractivity contribution in [3.8, 4) is 0 Å². The molecule has 0 bridgehead atoms. The molecule has 2 aromatic rings. The molecule has 2 aromatic carbocycles. The van der Waals surface area contributed by atoms with E-state index in [1.165, 1.54) is 11.1 Å². The quantitative estimate of drug-likeness (QED) is 0.581. The highest BCUT2D eigenvalue weighted by atomic mass is 79.9. The molecule has 1 nitrogen and oxygen atoms in total. The molecule has 20 heavy (non-hydrogen) atoms. The Morgan fingerprint density at radius 1 is 1.10 bits per heavy atom.